The molecule has 2 rings (SSSR count). The van der Waals surface area contributed by atoms with E-state index in [9.17, 15) is 0 Å². The van der Waals surface area contributed by atoms with Gasteiger partial charge in [-0.15, -0.1) is 0 Å². The molecule has 0 bridgehead atoms. The molecule has 1 heterocycles. The largest absolute Gasteiger partial charge is 0.370 e. The third kappa shape index (κ3) is 1.81. The number of hydrogen-bond donors (Lipinski definition) is 0. The van der Waals surface area contributed by atoms with E-state index in [0.717, 1.165) is 25.7 Å². The monoisotopic (exact) mass is 208 g/mol. The van der Waals surface area contributed by atoms with Crippen LogP contribution in [0.2, 0.25) is 0 Å². The molecule has 1 fully saturated rings. The first-order chi connectivity index (χ1) is 7.30. The summed E-state index contributed by atoms with van der Waals surface area (Å²) in [4.78, 5) is 4.27. The molecule has 4 heteroatoms. The van der Waals surface area contributed by atoms with Gasteiger partial charge in [-0.3, -0.25) is 0 Å². The average Bonchev–Trinajstić information content (AvgIpc) is 2.79. The van der Waals surface area contributed by atoms with E-state index in [-0.39, 0.29) is 5.60 Å². The molecule has 4 nitrogen and oxygen atoms in total. The minimum absolute atomic E-state index is 0.330. The fraction of sp³-hybridized carbons (Fsp3) is 0.636. The van der Waals surface area contributed by atoms with Crippen LogP contribution in [0, 0.1) is 0 Å². The SMILES string of the molecule is C=Cc1nc(C2(OC)CCCCC2)no1. The molecular formula is C11H16N2O2. The molecule has 1 saturated carbocycles. The van der Waals surface area contributed by atoms with Gasteiger partial charge in [-0.2, -0.15) is 4.98 Å². The maximum Gasteiger partial charge on any atom is 0.250 e. The van der Waals surface area contributed by atoms with E-state index in [0.29, 0.717) is 11.7 Å². The molecule has 1 aliphatic carbocycles. The summed E-state index contributed by atoms with van der Waals surface area (Å²) < 4.78 is 10.6. The Morgan fingerprint density at radius 2 is 2.13 bits per heavy atom. The van der Waals surface area contributed by atoms with Crippen LogP contribution in [-0.4, -0.2) is 17.3 Å². The molecule has 0 atom stereocenters. The quantitative estimate of drug-likeness (QED) is 0.765. The summed E-state index contributed by atoms with van der Waals surface area (Å²) in [5.41, 5.74) is -0.330. The highest BCUT2D eigenvalue weighted by molar-refractivity contribution is 5.33. The third-order valence-electron chi connectivity index (χ3n) is 3.08. The smallest absolute Gasteiger partial charge is 0.250 e. The van der Waals surface area contributed by atoms with Gasteiger partial charge in [0.1, 0.15) is 5.60 Å². The molecule has 1 aromatic rings. The number of nitrogens with zero attached hydrogens (tertiary/aromatic N) is 2. The standard InChI is InChI=1S/C11H16N2O2/c1-3-9-12-10(13-15-9)11(14-2)7-5-4-6-8-11/h3H,1,4-8H2,2H3. The van der Waals surface area contributed by atoms with Gasteiger partial charge in [0.15, 0.2) is 0 Å². The Bertz CT molecular complexity index is 340. The normalized spacial score (nSPS) is 20.1. The first-order valence-corrected chi connectivity index (χ1v) is 5.32. The van der Waals surface area contributed by atoms with Crippen LogP contribution in [0.15, 0.2) is 11.1 Å². The van der Waals surface area contributed by atoms with Crippen LogP contribution in [0.1, 0.15) is 43.8 Å². The van der Waals surface area contributed by atoms with Gasteiger partial charge in [0.2, 0.25) is 11.7 Å². The highest BCUT2D eigenvalue weighted by Crippen LogP contribution is 2.38. The Morgan fingerprint density at radius 3 is 2.67 bits per heavy atom. The van der Waals surface area contributed by atoms with E-state index in [4.69, 9.17) is 9.26 Å². The summed E-state index contributed by atoms with van der Waals surface area (Å²) in [6.07, 6.45) is 7.08. The van der Waals surface area contributed by atoms with Crippen LogP contribution in [-0.2, 0) is 10.3 Å². The summed E-state index contributed by atoms with van der Waals surface area (Å²) in [6, 6.07) is 0. The molecule has 0 N–H and O–H groups in total. The molecule has 15 heavy (non-hydrogen) atoms. The topological polar surface area (TPSA) is 48.2 Å². The second kappa shape index (κ2) is 4.14. The summed E-state index contributed by atoms with van der Waals surface area (Å²) in [6.45, 7) is 3.60. The van der Waals surface area contributed by atoms with E-state index in [2.05, 4.69) is 16.7 Å². The van der Waals surface area contributed by atoms with Gasteiger partial charge in [0.25, 0.3) is 0 Å². The molecule has 1 aromatic heterocycles. The summed E-state index contributed by atoms with van der Waals surface area (Å²) >= 11 is 0. The number of rotatable bonds is 3. The zero-order valence-electron chi connectivity index (χ0n) is 9.03. The number of methoxy groups -OCH3 is 1. The lowest BCUT2D eigenvalue weighted by Gasteiger charge is -2.32. The van der Waals surface area contributed by atoms with E-state index < -0.39 is 0 Å². The van der Waals surface area contributed by atoms with Crippen molar-refractivity contribution >= 4 is 6.08 Å². The van der Waals surface area contributed by atoms with Crippen LogP contribution in [0.25, 0.3) is 6.08 Å². The number of hydrogen-bond acceptors (Lipinski definition) is 4. The zero-order valence-corrected chi connectivity index (χ0v) is 9.03. The van der Waals surface area contributed by atoms with Crippen LogP contribution in [0.4, 0.5) is 0 Å². The van der Waals surface area contributed by atoms with Crippen LogP contribution in [0.5, 0.6) is 0 Å². The molecule has 82 valence electrons. The van der Waals surface area contributed by atoms with E-state index in [1.54, 1.807) is 13.2 Å². The van der Waals surface area contributed by atoms with Crippen molar-refractivity contribution < 1.29 is 9.26 Å². The lowest BCUT2D eigenvalue weighted by Crippen LogP contribution is -2.32. The van der Waals surface area contributed by atoms with Gasteiger partial charge in [-0.25, -0.2) is 0 Å². The van der Waals surface area contributed by atoms with Crippen molar-refractivity contribution in [1.29, 1.82) is 0 Å². The maximum absolute atomic E-state index is 5.60. The van der Waals surface area contributed by atoms with Gasteiger partial charge >= 0.3 is 0 Å². The molecule has 0 unspecified atom stereocenters. The van der Waals surface area contributed by atoms with E-state index in [1.165, 1.54) is 6.42 Å². The second-order valence-electron chi connectivity index (χ2n) is 3.92. The van der Waals surface area contributed by atoms with Gasteiger partial charge < -0.3 is 9.26 Å². The predicted molar refractivity (Wildman–Crippen MR) is 56.2 cm³/mol. The lowest BCUT2D eigenvalue weighted by molar-refractivity contribution is -0.0527. The first kappa shape index (κ1) is 10.4. The Morgan fingerprint density at radius 1 is 1.40 bits per heavy atom. The van der Waals surface area contributed by atoms with Gasteiger partial charge in [0.05, 0.1) is 0 Å². The average molecular weight is 208 g/mol. The van der Waals surface area contributed by atoms with Crippen LogP contribution >= 0.6 is 0 Å². The molecule has 0 spiro atoms. The number of aromatic nitrogens is 2. The fourth-order valence-corrected chi connectivity index (χ4v) is 2.15. The molecule has 0 aliphatic heterocycles. The molecular weight excluding hydrogens is 192 g/mol. The molecule has 0 amide bonds. The van der Waals surface area contributed by atoms with Crippen molar-refractivity contribution in [3.05, 3.63) is 18.3 Å². The number of ether oxygens (including phenoxy) is 1. The minimum Gasteiger partial charge on any atom is -0.370 e. The molecule has 0 aromatic carbocycles. The zero-order chi connectivity index (χ0) is 10.7. The van der Waals surface area contributed by atoms with Crippen molar-refractivity contribution in [2.75, 3.05) is 7.11 Å². The molecule has 1 aliphatic rings. The Labute approximate surface area is 89.3 Å². The van der Waals surface area contributed by atoms with E-state index >= 15 is 0 Å². The first-order valence-electron chi connectivity index (χ1n) is 5.32. The lowest BCUT2D eigenvalue weighted by atomic mass is 9.84. The van der Waals surface area contributed by atoms with Crippen molar-refractivity contribution in [1.82, 2.24) is 10.1 Å². The minimum atomic E-state index is -0.330. The fourth-order valence-electron chi connectivity index (χ4n) is 2.15. The maximum atomic E-state index is 5.60. The molecule has 0 saturated heterocycles. The summed E-state index contributed by atoms with van der Waals surface area (Å²) in [7, 11) is 1.72. The van der Waals surface area contributed by atoms with Crippen molar-refractivity contribution in [3.63, 3.8) is 0 Å². The Hall–Kier alpha value is -1.16. The Balaban J connectivity index is 2.27. The summed E-state index contributed by atoms with van der Waals surface area (Å²) in [5, 5.41) is 3.97. The van der Waals surface area contributed by atoms with Crippen molar-refractivity contribution in [2.24, 2.45) is 0 Å². The Kier molecular flexibility index (Phi) is 2.86. The van der Waals surface area contributed by atoms with Crippen LogP contribution < -0.4 is 0 Å². The van der Waals surface area contributed by atoms with Crippen LogP contribution in [0.3, 0.4) is 0 Å². The van der Waals surface area contributed by atoms with E-state index in [1.807, 2.05) is 0 Å². The predicted octanol–water partition coefficient (Wildman–Crippen LogP) is 2.52. The van der Waals surface area contributed by atoms with Crippen molar-refractivity contribution in [2.45, 2.75) is 37.7 Å². The second-order valence-corrected chi connectivity index (χ2v) is 3.92. The van der Waals surface area contributed by atoms with Gasteiger partial charge in [0, 0.05) is 7.11 Å². The summed E-state index contributed by atoms with van der Waals surface area (Å²) in [5.74, 6) is 1.13. The van der Waals surface area contributed by atoms with Gasteiger partial charge in [-0.05, 0) is 18.9 Å². The third-order valence-corrected chi connectivity index (χ3v) is 3.08. The highest BCUT2D eigenvalue weighted by atomic mass is 16.5. The van der Waals surface area contributed by atoms with Gasteiger partial charge in [-0.1, -0.05) is 31.0 Å². The highest BCUT2D eigenvalue weighted by Gasteiger charge is 2.38. The van der Waals surface area contributed by atoms with Crippen molar-refractivity contribution in [3.8, 4) is 0 Å². The molecule has 0 radical (unpaired) electrons.